The van der Waals surface area contributed by atoms with Gasteiger partial charge in [-0.25, -0.2) is 9.59 Å². The summed E-state index contributed by atoms with van der Waals surface area (Å²) >= 11 is 0. The second-order valence-corrected chi connectivity index (χ2v) is 7.33. The molecule has 2 N–H and O–H groups in total. The maximum atomic E-state index is 13.2. The summed E-state index contributed by atoms with van der Waals surface area (Å²) in [4.78, 5) is 51.3. The van der Waals surface area contributed by atoms with E-state index in [1.165, 1.54) is 26.4 Å². The highest BCUT2D eigenvalue weighted by Gasteiger charge is 2.49. The summed E-state index contributed by atoms with van der Waals surface area (Å²) in [6.07, 6.45) is 0. The number of benzene rings is 2. The largest absolute Gasteiger partial charge is 0.493 e. The van der Waals surface area contributed by atoms with E-state index in [2.05, 4.69) is 10.6 Å². The average molecular weight is 455 g/mol. The Labute approximate surface area is 190 Å². The highest BCUT2D eigenvalue weighted by molar-refractivity contribution is 6.11. The monoisotopic (exact) mass is 455 g/mol. The van der Waals surface area contributed by atoms with Gasteiger partial charge in [0.15, 0.2) is 11.5 Å². The summed E-state index contributed by atoms with van der Waals surface area (Å²) in [5, 5.41) is 5.21. The second kappa shape index (κ2) is 9.60. The zero-order valence-corrected chi connectivity index (χ0v) is 18.8. The van der Waals surface area contributed by atoms with Crippen LogP contribution >= 0.6 is 0 Å². The maximum Gasteiger partial charge on any atom is 0.340 e. The lowest BCUT2D eigenvalue weighted by atomic mass is 9.91. The first-order valence-corrected chi connectivity index (χ1v) is 10.2. The molecule has 1 saturated heterocycles. The molecule has 3 rings (SSSR count). The fraction of sp³-hybridized carbons (Fsp3) is 0.304. The molecule has 174 valence electrons. The smallest absolute Gasteiger partial charge is 0.340 e. The van der Waals surface area contributed by atoms with Crippen molar-refractivity contribution < 1.29 is 33.4 Å². The van der Waals surface area contributed by atoms with Gasteiger partial charge in [-0.05, 0) is 43.7 Å². The maximum absolute atomic E-state index is 13.2. The molecule has 0 aliphatic carbocycles. The highest BCUT2D eigenvalue weighted by Crippen LogP contribution is 2.35. The lowest BCUT2D eigenvalue weighted by Crippen LogP contribution is -2.42. The van der Waals surface area contributed by atoms with Gasteiger partial charge in [0.2, 0.25) is 5.91 Å². The van der Waals surface area contributed by atoms with E-state index in [4.69, 9.17) is 14.2 Å². The SMILES string of the molecule is CCOC(=O)c1ccccc1NC(=O)CN1C(=O)NC(C)(c2ccc(OC)c(OC)c2)C1=O. The van der Waals surface area contributed by atoms with Crippen LogP contribution < -0.4 is 20.1 Å². The molecule has 2 aromatic rings. The van der Waals surface area contributed by atoms with Crippen molar-refractivity contribution in [3.05, 3.63) is 53.6 Å². The van der Waals surface area contributed by atoms with Crippen LogP contribution in [0.2, 0.25) is 0 Å². The Morgan fingerprint density at radius 1 is 1.06 bits per heavy atom. The van der Waals surface area contributed by atoms with Crippen molar-refractivity contribution in [1.29, 1.82) is 0 Å². The zero-order valence-electron chi connectivity index (χ0n) is 18.8. The van der Waals surface area contributed by atoms with Crippen molar-refractivity contribution in [2.75, 3.05) is 32.7 Å². The third kappa shape index (κ3) is 4.59. The van der Waals surface area contributed by atoms with E-state index in [9.17, 15) is 19.2 Å². The van der Waals surface area contributed by atoms with E-state index in [0.717, 1.165) is 4.90 Å². The molecule has 4 amide bonds. The molecule has 0 aromatic heterocycles. The number of hydrogen-bond acceptors (Lipinski definition) is 7. The molecule has 10 nitrogen and oxygen atoms in total. The van der Waals surface area contributed by atoms with Crippen molar-refractivity contribution in [1.82, 2.24) is 10.2 Å². The number of para-hydroxylation sites is 1. The van der Waals surface area contributed by atoms with Crippen LogP contribution in [-0.4, -0.2) is 56.1 Å². The first-order chi connectivity index (χ1) is 15.7. The summed E-state index contributed by atoms with van der Waals surface area (Å²) in [5.74, 6) is -0.979. The van der Waals surface area contributed by atoms with E-state index >= 15 is 0 Å². The Kier molecular flexibility index (Phi) is 6.86. The van der Waals surface area contributed by atoms with E-state index in [1.54, 1.807) is 44.2 Å². The third-order valence-corrected chi connectivity index (χ3v) is 5.23. The molecule has 1 atom stereocenters. The number of carbonyl (C=O) groups is 4. The number of amides is 4. The molecule has 1 aliphatic rings. The summed E-state index contributed by atoms with van der Waals surface area (Å²) in [7, 11) is 2.95. The standard InChI is InChI=1S/C23H25N3O7/c1-5-33-20(28)15-8-6-7-9-16(15)24-19(27)13-26-21(29)23(2,25-22(26)30)14-10-11-17(31-3)18(12-14)32-4/h6-12H,5,13H2,1-4H3,(H,24,27)(H,25,30). The number of carbonyl (C=O) groups excluding carboxylic acids is 4. The predicted molar refractivity (Wildman–Crippen MR) is 118 cm³/mol. The quantitative estimate of drug-likeness (QED) is 0.462. The Morgan fingerprint density at radius 3 is 2.42 bits per heavy atom. The predicted octanol–water partition coefficient (Wildman–Crippen LogP) is 2.29. The van der Waals surface area contributed by atoms with Gasteiger partial charge in [0, 0.05) is 0 Å². The van der Waals surface area contributed by atoms with Crippen molar-refractivity contribution in [3.63, 3.8) is 0 Å². The molecule has 1 heterocycles. The van der Waals surface area contributed by atoms with E-state index < -0.39 is 35.9 Å². The topological polar surface area (TPSA) is 123 Å². The third-order valence-electron chi connectivity index (χ3n) is 5.23. The van der Waals surface area contributed by atoms with Gasteiger partial charge in [-0.3, -0.25) is 14.5 Å². The van der Waals surface area contributed by atoms with Gasteiger partial charge in [0.1, 0.15) is 12.1 Å². The van der Waals surface area contributed by atoms with Crippen LogP contribution in [0.1, 0.15) is 29.8 Å². The van der Waals surface area contributed by atoms with E-state index in [-0.39, 0.29) is 17.9 Å². The fourth-order valence-corrected chi connectivity index (χ4v) is 3.50. The second-order valence-electron chi connectivity index (χ2n) is 7.33. The van der Waals surface area contributed by atoms with Gasteiger partial charge in [0.25, 0.3) is 5.91 Å². The van der Waals surface area contributed by atoms with E-state index in [0.29, 0.717) is 17.1 Å². The number of hydrogen-bond donors (Lipinski definition) is 2. The van der Waals surface area contributed by atoms with Crippen LogP contribution in [0.5, 0.6) is 11.5 Å². The van der Waals surface area contributed by atoms with Gasteiger partial charge < -0.3 is 24.8 Å². The fourth-order valence-electron chi connectivity index (χ4n) is 3.50. The van der Waals surface area contributed by atoms with Crippen LogP contribution in [0.25, 0.3) is 0 Å². The molecule has 33 heavy (non-hydrogen) atoms. The van der Waals surface area contributed by atoms with Gasteiger partial charge in [-0.15, -0.1) is 0 Å². The van der Waals surface area contributed by atoms with Crippen molar-refractivity contribution in [2.24, 2.45) is 0 Å². The number of ether oxygens (including phenoxy) is 3. The molecular formula is C23H25N3O7. The lowest BCUT2D eigenvalue weighted by Gasteiger charge is -2.23. The van der Waals surface area contributed by atoms with Crippen molar-refractivity contribution in [2.45, 2.75) is 19.4 Å². The number of esters is 1. The number of methoxy groups -OCH3 is 2. The molecule has 2 aromatic carbocycles. The van der Waals surface area contributed by atoms with Crippen LogP contribution in [0.4, 0.5) is 10.5 Å². The molecule has 0 saturated carbocycles. The minimum Gasteiger partial charge on any atom is -0.493 e. The highest BCUT2D eigenvalue weighted by atomic mass is 16.5. The Morgan fingerprint density at radius 2 is 1.76 bits per heavy atom. The van der Waals surface area contributed by atoms with Crippen molar-refractivity contribution >= 4 is 29.5 Å². The summed E-state index contributed by atoms with van der Waals surface area (Å²) in [5.41, 5.74) is -0.551. The zero-order chi connectivity index (χ0) is 24.2. The Hall–Kier alpha value is -4.08. The first-order valence-electron chi connectivity index (χ1n) is 10.2. The van der Waals surface area contributed by atoms with Crippen LogP contribution in [0.15, 0.2) is 42.5 Å². The molecule has 0 radical (unpaired) electrons. The molecule has 1 aliphatic heterocycles. The van der Waals surface area contributed by atoms with E-state index in [1.807, 2.05) is 0 Å². The molecule has 10 heteroatoms. The minimum absolute atomic E-state index is 0.167. The molecular weight excluding hydrogens is 430 g/mol. The van der Waals surface area contributed by atoms with Crippen LogP contribution in [0.3, 0.4) is 0 Å². The van der Waals surface area contributed by atoms with Gasteiger partial charge in [0.05, 0.1) is 32.1 Å². The number of nitrogens with zero attached hydrogens (tertiary/aromatic N) is 1. The van der Waals surface area contributed by atoms with Crippen molar-refractivity contribution in [3.8, 4) is 11.5 Å². The summed E-state index contributed by atoms with van der Waals surface area (Å²) < 4.78 is 15.5. The Bertz CT molecular complexity index is 1100. The molecule has 0 spiro atoms. The Balaban J connectivity index is 1.78. The number of rotatable bonds is 8. The number of imide groups is 1. The normalized spacial score (nSPS) is 17.4. The number of urea groups is 1. The minimum atomic E-state index is -1.40. The summed E-state index contributed by atoms with van der Waals surface area (Å²) in [6, 6.07) is 10.5. The molecule has 1 unspecified atom stereocenters. The van der Waals surface area contributed by atoms with Crippen LogP contribution in [-0.2, 0) is 19.9 Å². The van der Waals surface area contributed by atoms with Gasteiger partial charge in [-0.1, -0.05) is 18.2 Å². The van der Waals surface area contributed by atoms with Gasteiger partial charge in [-0.2, -0.15) is 0 Å². The molecule has 0 bridgehead atoms. The lowest BCUT2D eigenvalue weighted by molar-refractivity contribution is -0.133. The first kappa shape index (κ1) is 23.6. The number of nitrogens with one attached hydrogen (secondary N) is 2. The van der Waals surface area contributed by atoms with Crippen LogP contribution in [0, 0.1) is 0 Å². The summed E-state index contributed by atoms with van der Waals surface area (Å²) in [6.45, 7) is 2.86. The number of anilines is 1. The van der Waals surface area contributed by atoms with Gasteiger partial charge >= 0.3 is 12.0 Å². The average Bonchev–Trinajstić information content (AvgIpc) is 3.02. The molecule has 1 fully saturated rings.